The minimum absolute atomic E-state index is 0.226. The van der Waals surface area contributed by atoms with Gasteiger partial charge < -0.3 is 11.1 Å². The average Bonchev–Trinajstić information content (AvgIpc) is 2.37. The van der Waals surface area contributed by atoms with Gasteiger partial charge in [0.1, 0.15) is 0 Å². The van der Waals surface area contributed by atoms with Crippen LogP contribution in [0.25, 0.3) is 0 Å². The third-order valence-corrected chi connectivity index (χ3v) is 5.68. The molecule has 3 N–H and O–H groups in total. The molecule has 5 rings (SSSR count). The summed E-state index contributed by atoms with van der Waals surface area (Å²) in [6, 6.07) is 7.50. The van der Waals surface area contributed by atoms with Gasteiger partial charge in [-0.1, -0.05) is 6.07 Å². The molecule has 3 heteroatoms. The number of anilines is 2. The van der Waals surface area contributed by atoms with E-state index >= 15 is 0 Å². The molecule has 0 heterocycles. The Bertz CT molecular complexity index is 512. The summed E-state index contributed by atoms with van der Waals surface area (Å²) in [6.45, 7) is 0. The molecule has 106 valence electrons. The van der Waals surface area contributed by atoms with Crippen molar-refractivity contribution in [2.24, 2.45) is 29.6 Å². The molecule has 0 unspecified atom stereocenters. The van der Waals surface area contributed by atoms with Crippen LogP contribution < -0.4 is 11.1 Å². The molecule has 1 amide bonds. The SMILES string of the molecule is Nc1cccc(NC(=O)C2C3CC4CC(C3)CC2C4)c1. The van der Waals surface area contributed by atoms with Crippen molar-refractivity contribution in [3.05, 3.63) is 24.3 Å². The topological polar surface area (TPSA) is 55.1 Å². The summed E-state index contributed by atoms with van der Waals surface area (Å²) in [5, 5.41) is 3.09. The first-order chi connectivity index (χ1) is 9.69. The second-order valence-electron chi connectivity index (χ2n) is 7.07. The van der Waals surface area contributed by atoms with E-state index in [-0.39, 0.29) is 11.8 Å². The van der Waals surface area contributed by atoms with Crippen LogP contribution in [0.15, 0.2) is 24.3 Å². The fourth-order valence-corrected chi connectivity index (χ4v) is 5.20. The minimum atomic E-state index is 0.226. The molecule has 0 atom stereocenters. The number of nitrogens with one attached hydrogen (secondary N) is 1. The Morgan fingerprint density at radius 3 is 2.30 bits per heavy atom. The molecule has 4 fully saturated rings. The highest BCUT2D eigenvalue weighted by atomic mass is 16.1. The number of amides is 1. The molecule has 1 aromatic rings. The lowest BCUT2D eigenvalue weighted by molar-refractivity contribution is -0.132. The first-order valence-corrected chi connectivity index (χ1v) is 7.85. The first-order valence-electron chi connectivity index (χ1n) is 7.85. The average molecular weight is 270 g/mol. The highest BCUT2D eigenvalue weighted by Gasteiger charge is 2.50. The zero-order valence-corrected chi connectivity index (χ0v) is 11.7. The van der Waals surface area contributed by atoms with Crippen LogP contribution in [-0.4, -0.2) is 5.91 Å². The van der Waals surface area contributed by atoms with E-state index in [2.05, 4.69) is 5.32 Å². The Morgan fingerprint density at radius 2 is 1.70 bits per heavy atom. The first kappa shape index (κ1) is 12.2. The highest BCUT2D eigenvalue weighted by molar-refractivity contribution is 5.93. The van der Waals surface area contributed by atoms with Crippen LogP contribution in [0.2, 0.25) is 0 Å². The van der Waals surface area contributed by atoms with Crippen molar-refractivity contribution in [3.63, 3.8) is 0 Å². The smallest absolute Gasteiger partial charge is 0.228 e. The molecule has 0 aromatic heterocycles. The van der Waals surface area contributed by atoms with E-state index in [1.165, 1.54) is 32.1 Å². The molecule has 0 spiro atoms. The second-order valence-corrected chi connectivity index (χ2v) is 7.07. The van der Waals surface area contributed by atoms with Crippen molar-refractivity contribution in [1.29, 1.82) is 0 Å². The largest absolute Gasteiger partial charge is 0.399 e. The Morgan fingerprint density at radius 1 is 1.05 bits per heavy atom. The number of rotatable bonds is 2. The predicted molar refractivity (Wildman–Crippen MR) is 80.0 cm³/mol. The number of carbonyl (C=O) groups is 1. The van der Waals surface area contributed by atoms with Crippen molar-refractivity contribution in [3.8, 4) is 0 Å². The standard InChI is InChI=1S/C17H22N2O/c18-14-2-1-3-15(9-14)19-17(20)16-12-5-10-4-11(7-12)8-13(16)6-10/h1-3,9-13,16H,4-8,18H2,(H,19,20). The van der Waals surface area contributed by atoms with Crippen molar-refractivity contribution in [1.82, 2.24) is 0 Å². The quantitative estimate of drug-likeness (QED) is 0.810. The normalized spacial score (nSPS) is 37.9. The van der Waals surface area contributed by atoms with Gasteiger partial charge in [-0.25, -0.2) is 0 Å². The van der Waals surface area contributed by atoms with Crippen molar-refractivity contribution >= 4 is 17.3 Å². The lowest BCUT2D eigenvalue weighted by Crippen LogP contribution is -2.49. The van der Waals surface area contributed by atoms with Crippen LogP contribution in [0.5, 0.6) is 0 Å². The highest BCUT2D eigenvalue weighted by Crippen LogP contribution is 2.56. The molecule has 0 radical (unpaired) electrons. The summed E-state index contributed by atoms with van der Waals surface area (Å²) in [5.74, 6) is 3.55. The zero-order chi connectivity index (χ0) is 13.7. The summed E-state index contributed by atoms with van der Waals surface area (Å²) in [4.78, 5) is 12.7. The van der Waals surface area contributed by atoms with Gasteiger partial charge in [0.15, 0.2) is 0 Å². The summed E-state index contributed by atoms with van der Waals surface area (Å²) in [5.41, 5.74) is 7.32. The van der Waals surface area contributed by atoms with E-state index in [0.29, 0.717) is 17.5 Å². The maximum Gasteiger partial charge on any atom is 0.228 e. The lowest BCUT2D eigenvalue weighted by atomic mass is 9.51. The monoisotopic (exact) mass is 270 g/mol. The maximum atomic E-state index is 12.7. The van der Waals surface area contributed by atoms with E-state index in [0.717, 1.165) is 17.5 Å². The molecule has 4 aliphatic carbocycles. The molecule has 4 bridgehead atoms. The van der Waals surface area contributed by atoms with Crippen LogP contribution in [0.4, 0.5) is 11.4 Å². The van der Waals surface area contributed by atoms with E-state index in [1.54, 1.807) is 0 Å². The lowest BCUT2D eigenvalue weighted by Gasteiger charge is -2.53. The number of hydrogen-bond donors (Lipinski definition) is 2. The van der Waals surface area contributed by atoms with Crippen LogP contribution in [0, 0.1) is 29.6 Å². The van der Waals surface area contributed by atoms with Gasteiger partial charge >= 0.3 is 0 Å². The second kappa shape index (κ2) is 4.51. The zero-order valence-electron chi connectivity index (χ0n) is 11.7. The Hall–Kier alpha value is -1.51. The molecule has 3 nitrogen and oxygen atoms in total. The van der Waals surface area contributed by atoms with Crippen LogP contribution in [0.1, 0.15) is 32.1 Å². The fraction of sp³-hybridized carbons (Fsp3) is 0.588. The Kier molecular flexibility index (Phi) is 2.76. The number of carbonyl (C=O) groups excluding carboxylic acids is 1. The Balaban J connectivity index is 1.51. The third-order valence-electron chi connectivity index (χ3n) is 5.68. The minimum Gasteiger partial charge on any atom is -0.399 e. The molecule has 20 heavy (non-hydrogen) atoms. The van der Waals surface area contributed by atoms with Crippen LogP contribution >= 0.6 is 0 Å². The van der Waals surface area contributed by atoms with E-state index in [9.17, 15) is 4.79 Å². The predicted octanol–water partition coefficient (Wildman–Crippen LogP) is 3.28. The maximum absolute atomic E-state index is 12.7. The van der Waals surface area contributed by atoms with Gasteiger partial charge in [0, 0.05) is 17.3 Å². The number of benzene rings is 1. The van der Waals surface area contributed by atoms with Crippen LogP contribution in [-0.2, 0) is 4.79 Å². The van der Waals surface area contributed by atoms with Gasteiger partial charge in [0.05, 0.1) is 0 Å². The van der Waals surface area contributed by atoms with Gasteiger partial charge in [-0.2, -0.15) is 0 Å². The van der Waals surface area contributed by atoms with E-state index in [1.807, 2.05) is 24.3 Å². The number of hydrogen-bond acceptors (Lipinski definition) is 2. The van der Waals surface area contributed by atoms with E-state index in [4.69, 9.17) is 5.73 Å². The number of nitrogens with two attached hydrogens (primary N) is 1. The summed E-state index contributed by atoms with van der Waals surface area (Å²) in [7, 11) is 0. The summed E-state index contributed by atoms with van der Waals surface area (Å²) in [6.07, 6.45) is 6.55. The van der Waals surface area contributed by atoms with Crippen molar-refractivity contribution in [2.45, 2.75) is 32.1 Å². The molecule has 1 aromatic carbocycles. The van der Waals surface area contributed by atoms with Gasteiger partial charge in [-0.15, -0.1) is 0 Å². The third kappa shape index (κ3) is 2.00. The molecule has 4 saturated carbocycles. The van der Waals surface area contributed by atoms with Crippen LogP contribution in [0.3, 0.4) is 0 Å². The molecule has 0 saturated heterocycles. The molecular weight excluding hydrogens is 248 g/mol. The van der Waals surface area contributed by atoms with Gasteiger partial charge in [-0.3, -0.25) is 4.79 Å². The summed E-state index contributed by atoms with van der Waals surface area (Å²) >= 11 is 0. The molecule has 0 aliphatic heterocycles. The molecule has 4 aliphatic rings. The number of nitrogen functional groups attached to an aromatic ring is 1. The fourth-order valence-electron chi connectivity index (χ4n) is 5.20. The van der Waals surface area contributed by atoms with Gasteiger partial charge in [0.2, 0.25) is 5.91 Å². The summed E-state index contributed by atoms with van der Waals surface area (Å²) < 4.78 is 0. The molecular formula is C17H22N2O. The van der Waals surface area contributed by atoms with E-state index < -0.39 is 0 Å². The van der Waals surface area contributed by atoms with Gasteiger partial charge in [0.25, 0.3) is 0 Å². The van der Waals surface area contributed by atoms with Crippen molar-refractivity contribution < 1.29 is 4.79 Å². The van der Waals surface area contributed by atoms with Crippen molar-refractivity contribution in [2.75, 3.05) is 11.1 Å². The Labute approximate surface area is 119 Å². The van der Waals surface area contributed by atoms with Gasteiger partial charge in [-0.05, 0) is 74.0 Å².